The minimum absolute atomic E-state index is 0.0448. The Bertz CT molecular complexity index is 691. The molecule has 0 radical (unpaired) electrons. The summed E-state index contributed by atoms with van der Waals surface area (Å²) in [6.45, 7) is 12.7. The van der Waals surface area contributed by atoms with Crippen molar-refractivity contribution >= 4 is 11.8 Å². The van der Waals surface area contributed by atoms with E-state index in [-0.39, 0.29) is 34.2 Å². The molecule has 0 aromatic carbocycles. The number of ether oxygens (including phenoxy) is 4. The Morgan fingerprint density at radius 2 is 0.848 bits per heavy atom. The molecule has 33 heavy (non-hydrogen) atoms. The highest BCUT2D eigenvalue weighted by atomic mass is 16.6. The fourth-order valence-corrected chi connectivity index (χ4v) is 5.33. The summed E-state index contributed by atoms with van der Waals surface area (Å²) in [6, 6.07) is 0. The van der Waals surface area contributed by atoms with Gasteiger partial charge >= 0.3 is 0 Å². The Morgan fingerprint density at radius 3 is 1.09 bits per heavy atom. The van der Waals surface area contributed by atoms with Gasteiger partial charge in [0, 0.05) is 0 Å². The molecule has 1 aliphatic carbocycles. The normalized spacial score (nSPS) is 40.5. The number of hydrogen-bond acceptors (Lipinski definition) is 6. The van der Waals surface area contributed by atoms with Gasteiger partial charge in [-0.25, -0.2) is 0 Å². The molecule has 186 valence electrons. The van der Waals surface area contributed by atoms with Crippen LogP contribution < -0.4 is 0 Å². The first kappa shape index (κ1) is 23.5. The fourth-order valence-electron chi connectivity index (χ4n) is 5.33. The lowest BCUT2D eigenvalue weighted by molar-refractivity contribution is -0.160. The van der Waals surface area contributed by atoms with Crippen molar-refractivity contribution in [3.63, 3.8) is 0 Å². The first-order chi connectivity index (χ1) is 15.5. The summed E-state index contributed by atoms with van der Waals surface area (Å²) >= 11 is 0. The van der Waals surface area contributed by atoms with E-state index in [0.717, 1.165) is 25.7 Å². The molecule has 8 nitrogen and oxygen atoms in total. The molecule has 0 spiro atoms. The van der Waals surface area contributed by atoms with Crippen LogP contribution in [0.5, 0.6) is 0 Å². The van der Waals surface area contributed by atoms with E-state index in [9.17, 15) is 9.59 Å². The lowest BCUT2D eigenvalue weighted by Gasteiger charge is -2.41. The molecule has 5 aliphatic rings. The quantitative estimate of drug-likeness (QED) is 0.280. The number of amides is 2. The molecule has 4 heterocycles. The van der Waals surface area contributed by atoms with E-state index in [4.69, 9.17) is 18.9 Å². The van der Waals surface area contributed by atoms with Gasteiger partial charge in [-0.1, -0.05) is 25.7 Å². The molecular weight excluding hydrogens is 424 g/mol. The van der Waals surface area contributed by atoms with E-state index in [0.29, 0.717) is 65.4 Å². The van der Waals surface area contributed by atoms with E-state index < -0.39 is 5.41 Å². The molecule has 4 atom stereocenters. The Kier molecular flexibility index (Phi) is 5.63. The first-order valence-electron chi connectivity index (χ1n) is 12.6. The van der Waals surface area contributed by atoms with Crippen molar-refractivity contribution < 1.29 is 28.5 Å². The van der Waals surface area contributed by atoms with Crippen LogP contribution in [0.1, 0.15) is 66.2 Å². The Balaban J connectivity index is 1.44. The van der Waals surface area contributed by atoms with Crippen molar-refractivity contribution in [2.45, 2.75) is 88.6 Å². The zero-order valence-electron chi connectivity index (χ0n) is 20.7. The van der Waals surface area contributed by atoms with Crippen LogP contribution in [0, 0.1) is 5.41 Å². The van der Waals surface area contributed by atoms with Crippen LogP contribution in [0.2, 0.25) is 0 Å². The smallest absolute Gasteiger partial charge is 0.238 e. The van der Waals surface area contributed by atoms with Gasteiger partial charge in [-0.2, -0.15) is 0 Å². The number of epoxide rings is 4. The fraction of sp³-hybridized carbons (Fsp3) is 0.920. The van der Waals surface area contributed by atoms with Crippen molar-refractivity contribution in [2.75, 3.05) is 52.6 Å². The van der Waals surface area contributed by atoms with Gasteiger partial charge in [0.05, 0.1) is 52.6 Å². The highest BCUT2D eigenvalue weighted by Gasteiger charge is 2.56. The second-order valence-electron chi connectivity index (χ2n) is 12.3. The molecule has 0 aromatic rings. The molecule has 4 saturated heterocycles. The van der Waals surface area contributed by atoms with Gasteiger partial charge in [-0.3, -0.25) is 9.59 Å². The lowest BCUT2D eigenvalue weighted by atomic mass is 9.76. The number of carbonyl (C=O) groups excluding carboxylic acids is 2. The van der Waals surface area contributed by atoms with E-state index in [2.05, 4.69) is 0 Å². The van der Waals surface area contributed by atoms with Crippen LogP contribution in [0.3, 0.4) is 0 Å². The van der Waals surface area contributed by atoms with Crippen LogP contribution in [-0.2, 0) is 28.5 Å². The predicted octanol–water partition coefficient (Wildman–Crippen LogP) is 2.14. The molecule has 5 fully saturated rings. The lowest BCUT2D eigenvalue weighted by Crippen LogP contribution is -2.58. The molecule has 0 N–H and O–H groups in total. The molecule has 8 heteroatoms. The number of carbonyl (C=O) groups is 2. The highest BCUT2D eigenvalue weighted by molar-refractivity contribution is 6.05. The van der Waals surface area contributed by atoms with Gasteiger partial charge < -0.3 is 28.7 Å². The second-order valence-corrected chi connectivity index (χ2v) is 12.3. The number of rotatable bonds is 10. The minimum atomic E-state index is -1.04. The maximum Gasteiger partial charge on any atom is 0.238 e. The molecule has 1 saturated carbocycles. The second kappa shape index (κ2) is 7.90. The third-order valence-electron chi connectivity index (χ3n) is 8.00. The Morgan fingerprint density at radius 1 is 0.576 bits per heavy atom. The third kappa shape index (κ3) is 5.24. The molecule has 2 amide bonds. The standard InChI is InChI=1S/C25H40N2O6/c1-21(15-30-21)11-26(12-22(2)16-31-22)19(28)25(9-7-5-6-8-10-25)20(29)27(13-23(3)17-32-23)14-24(4)18-33-24/h5-18H2,1-4H3. The summed E-state index contributed by atoms with van der Waals surface area (Å²) < 4.78 is 22.6. The topological polar surface area (TPSA) is 90.7 Å². The average Bonchev–Trinajstić information content (AvgIpc) is 3.55. The zero-order chi connectivity index (χ0) is 23.5. The molecule has 4 unspecified atom stereocenters. The highest BCUT2D eigenvalue weighted by Crippen LogP contribution is 2.43. The predicted molar refractivity (Wildman–Crippen MR) is 121 cm³/mol. The van der Waals surface area contributed by atoms with Crippen LogP contribution in [0.25, 0.3) is 0 Å². The molecule has 0 bridgehead atoms. The van der Waals surface area contributed by atoms with Crippen LogP contribution in [0.4, 0.5) is 0 Å². The Hall–Kier alpha value is -1.22. The van der Waals surface area contributed by atoms with Crippen molar-refractivity contribution in [3.8, 4) is 0 Å². The minimum Gasteiger partial charge on any atom is -0.368 e. The first-order valence-corrected chi connectivity index (χ1v) is 12.6. The van der Waals surface area contributed by atoms with E-state index >= 15 is 0 Å². The van der Waals surface area contributed by atoms with Gasteiger partial charge in [0.1, 0.15) is 27.8 Å². The third-order valence-corrected chi connectivity index (χ3v) is 8.00. The SMILES string of the molecule is CC1(CN(CC2(C)CO2)C(=O)C2(C(=O)N(CC3(C)CO3)CC3(C)CO3)CCCCCC2)CO1. The van der Waals surface area contributed by atoms with Gasteiger partial charge in [0.15, 0.2) is 0 Å². The number of nitrogens with zero attached hydrogens (tertiary/aromatic N) is 2. The summed E-state index contributed by atoms with van der Waals surface area (Å²) in [6.07, 6.45) is 5.10. The van der Waals surface area contributed by atoms with E-state index in [1.807, 2.05) is 37.5 Å². The zero-order valence-corrected chi connectivity index (χ0v) is 20.7. The van der Waals surface area contributed by atoms with Crippen LogP contribution >= 0.6 is 0 Å². The summed E-state index contributed by atoms with van der Waals surface area (Å²) in [5.41, 5.74) is -2.32. The van der Waals surface area contributed by atoms with Gasteiger partial charge in [0.25, 0.3) is 0 Å². The summed E-state index contributed by atoms with van der Waals surface area (Å²) in [5.74, 6) is -0.0897. The molecular formula is C25H40N2O6. The van der Waals surface area contributed by atoms with Crippen molar-refractivity contribution in [3.05, 3.63) is 0 Å². The van der Waals surface area contributed by atoms with Crippen LogP contribution in [0.15, 0.2) is 0 Å². The average molecular weight is 465 g/mol. The largest absolute Gasteiger partial charge is 0.368 e. The maximum absolute atomic E-state index is 14.4. The maximum atomic E-state index is 14.4. The molecule has 4 aliphatic heterocycles. The van der Waals surface area contributed by atoms with E-state index in [1.54, 1.807) is 0 Å². The van der Waals surface area contributed by atoms with Crippen LogP contribution in [-0.4, -0.2) is 96.6 Å². The van der Waals surface area contributed by atoms with Crippen molar-refractivity contribution in [1.29, 1.82) is 0 Å². The molecule has 5 rings (SSSR count). The number of hydrogen-bond donors (Lipinski definition) is 0. The van der Waals surface area contributed by atoms with Gasteiger partial charge in [-0.05, 0) is 40.5 Å². The summed E-state index contributed by atoms with van der Waals surface area (Å²) in [7, 11) is 0. The molecule has 0 aromatic heterocycles. The van der Waals surface area contributed by atoms with Crippen molar-refractivity contribution in [1.82, 2.24) is 9.80 Å². The van der Waals surface area contributed by atoms with Gasteiger partial charge in [0.2, 0.25) is 11.8 Å². The van der Waals surface area contributed by atoms with Crippen molar-refractivity contribution in [2.24, 2.45) is 5.41 Å². The summed E-state index contributed by atoms with van der Waals surface area (Å²) in [4.78, 5) is 32.6. The monoisotopic (exact) mass is 464 g/mol. The summed E-state index contributed by atoms with van der Waals surface area (Å²) in [5, 5.41) is 0. The van der Waals surface area contributed by atoms with Gasteiger partial charge in [-0.15, -0.1) is 0 Å². The Labute approximate surface area is 197 Å². The van der Waals surface area contributed by atoms with E-state index in [1.165, 1.54) is 0 Å².